The van der Waals surface area contributed by atoms with E-state index < -0.39 is 0 Å². The number of carbonyl (C=O) groups is 1. The molecule has 8 heteroatoms. The molecule has 0 saturated heterocycles. The number of aromatic nitrogens is 4. The van der Waals surface area contributed by atoms with Gasteiger partial charge in [0.25, 0.3) is 0 Å². The fourth-order valence-electron chi connectivity index (χ4n) is 2.97. The minimum absolute atomic E-state index is 0.293. The number of benzene rings is 1. The van der Waals surface area contributed by atoms with Gasteiger partial charge in [-0.15, -0.1) is 10.2 Å². The van der Waals surface area contributed by atoms with Gasteiger partial charge in [0.1, 0.15) is 5.82 Å². The second kappa shape index (κ2) is 7.25. The van der Waals surface area contributed by atoms with E-state index in [1.807, 2.05) is 24.3 Å². The van der Waals surface area contributed by atoms with Crippen molar-refractivity contribution < 1.29 is 4.79 Å². The van der Waals surface area contributed by atoms with E-state index in [9.17, 15) is 4.79 Å². The van der Waals surface area contributed by atoms with Crippen LogP contribution in [0.4, 0.5) is 0 Å². The van der Waals surface area contributed by atoms with Gasteiger partial charge in [0.15, 0.2) is 5.16 Å². The van der Waals surface area contributed by atoms with Crippen LogP contribution < -0.4 is 5.73 Å². The minimum atomic E-state index is -0.316. The van der Waals surface area contributed by atoms with Gasteiger partial charge in [0, 0.05) is 41.2 Å². The molecule has 134 valence electrons. The standard InChI is InChI=1S/C18H18ClN5OS/c19-14-6-3-11(17-13(14)2-1-9-21-17)10-26-18-23-22-16(8-7-15(20)25)24(18)12-4-5-12/h1-3,6,9,12H,4-5,7-8,10H2,(H2,20,25). The molecule has 0 unspecified atom stereocenters. The van der Waals surface area contributed by atoms with Gasteiger partial charge >= 0.3 is 0 Å². The van der Waals surface area contributed by atoms with Gasteiger partial charge in [-0.3, -0.25) is 9.78 Å². The Hall–Kier alpha value is -2.12. The fraction of sp³-hybridized carbons (Fsp3) is 0.333. The lowest BCUT2D eigenvalue weighted by molar-refractivity contribution is -0.118. The highest BCUT2D eigenvalue weighted by Gasteiger charge is 2.29. The molecule has 26 heavy (non-hydrogen) atoms. The molecular formula is C18H18ClN5OS. The minimum Gasteiger partial charge on any atom is -0.370 e. The molecule has 0 radical (unpaired) electrons. The Balaban J connectivity index is 1.57. The molecule has 1 saturated carbocycles. The van der Waals surface area contributed by atoms with Crippen LogP contribution in [0.15, 0.2) is 35.6 Å². The lowest BCUT2D eigenvalue weighted by Gasteiger charge is -2.09. The molecule has 0 spiro atoms. The summed E-state index contributed by atoms with van der Waals surface area (Å²) in [5, 5.41) is 11.2. The van der Waals surface area contributed by atoms with Crippen molar-refractivity contribution in [2.45, 2.75) is 42.6 Å². The molecule has 4 rings (SSSR count). The topological polar surface area (TPSA) is 86.7 Å². The highest BCUT2D eigenvalue weighted by molar-refractivity contribution is 7.98. The summed E-state index contributed by atoms with van der Waals surface area (Å²) in [6, 6.07) is 8.23. The van der Waals surface area contributed by atoms with Crippen molar-refractivity contribution in [3.63, 3.8) is 0 Å². The Kier molecular flexibility index (Phi) is 4.82. The Morgan fingerprint density at radius 2 is 2.15 bits per heavy atom. The molecule has 0 bridgehead atoms. The van der Waals surface area contributed by atoms with E-state index in [2.05, 4.69) is 19.7 Å². The van der Waals surface area contributed by atoms with Crippen LogP contribution in [0.1, 0.15) is 36.7 Å². The molecule has 1 aliphatic carbocycles. The first-order valence-corrected chi connectivity index (χ1v) is 9.87. The van der Waals surface area contributed by atoms with E-state index >= 15 is 0 Å². The van der Waals surface area contributed by atoms with Gasteiger partial charge in [-0.05, 0) is 36.6 Å². The number of halogens is 1. The molecule has 0 atom stereocenters. The molecule has 1 aromatic carbocycles. The number of nitrogens with two attached hydrogens (primary N) is 1. The lowest BCUT2D eigenvalue weighted by atomic mass is 10.1. The van der Waals surface area contributed by atoms with Gasteiger partial charge < -0.3 is 10.3 Å². The number of amides is 1. The van der Waals surface area contributed by atoms with E-state index in [1.165, 1.54) is 0 Å². The maximum Gasteiger partial charge on any atom is 0.217 e. The van der Waals surface area contributed by atoms with Gasteiger partial charge in [0.05, 0.1) is 5.52 Å². The van der Waals surface area contributed by atoms with E-state index in [0.717, 1.165) is 46.0 Å². The van der Waals surface area contributed by atoms with E-state index in [0.29, 0.717) is 23.9 Å². The van der Waals surface area contributed by atoms with Crippen LogP contribution in [0.25, 0.3) is 10.9 Å². The Morgan fingerprint density at radius 3 is 2.92 bits per heavy atom. The van der Waals surface area contributed by atoms with Gasteiger partial charge in [0.2, 0.25) is 5.91 Å². The van der Waals surface area contributed by atoms with Crippen LogP contribution in [0.3, 0.4) is 0 Å². The number of pyridine rings is 1. The smallest absolute Gasteiger partial charge is 0.217 e. The Morgan fingerprint density at radius 1 is 1.31 bits per heavy atom. The number of carbonyl (C=O) groups excluding carboxylic acids is 1. The first kappa shape index (κ1) is 17.3. The third kappa shape index (κ3) is 3.54. The predicted molar refractivity (Wildman–Crippen MR) is 102 cm³/mol. The van der Waals surface area contributed by atoms with Crippen molar-refractivity contribution in [2.75, 3.05) is 0 Å². The van der Waals surface area contributed by atoms with Crippen molar-refractivity contribution in [3.8, 4) is 0 Å². The van der Waals surface area contributed by atoms with Crippen LogP contribution >= 0.6 is 23.4 Å². The Labute approximate surface area is 160 Å². The van der Waals surface area contributed by atoms with Gasteiger partial charge in [-0.25, -0.2) is 0 Å². The number of hydrogen-bond donors (Lipinski definition) is 1. The zero-order valence-electron chi connectivity index (χ0n) is 14.1. The van der Waals surface area contributed by atoms with Crippen LogP contribution in [0, 0.1) is 0 Å². The summed E-state index contributed by atoms with van der Waals surface area (Å²) >= 11 is 7.91. The van der Waals surface area contributed by atoms with Gasteiger partial charge in [-0.1, -0.05) is 29.4 Å². The normalized spacial score (nSPS) is 14.0. The number of nitrogens with zero attached hydrogens (tertiary/aromatic N) is 4. The van der Waals surface area contributed by atoms with Crippen LogP contribution in [0.2, 0.25) is 5.02 Å². The molecule has 2 N–H and O–H groups in total. The van der Waals surface area contributed by atoms with Crippen LogP contribution in [-0.4, -0.2) is 25.7 Å². The second-order valence-corrected chi connectivity index (χ2v) is 7.71. The molecule has 0 aliphatic heterocycles. The van der Waals surface area contributed by atoms with Crippen molar-refractivity contribution in [1.29, 1.82) is 0 Å². The monoisotopic (exact) mass is 387 g/mol. The molecule has 2 aromatic heterocycles. The number of thioether (sulfide) groups is 1. The van der Waals surface area contributed by atoms with E-state index in [-0.39, 0.29) is 5.91 Å². The Bertz CT molecular complexity index is 969. The van der Waals surface area contributed by atoms with Crippen molar-refractivity contribution >= 4 is 40.2 Å². The first-order valence-electron chi connectivity index (χ1n) is 8.50. The van der Waals surface area contributed by atoms with Crippen LogP contribution in [-0.2, 0) is 17.0 Å². The second-order valence-electron chi connectivity index (χ2n) is 6.36. The fourth-order valence-corrected chi connectivity index (χ4v) is 4.19. The summed E-state index contributed by atoms with van der Waals surface area (Å²) in [6.07, 6.45) is 4.86. The molecule has 2 heterocycles. The molecule has 6 nitrogen and oxygen atoms in total. The van der Waals surface area contributed by atoms with E-state index in [4.69, 9.17) is 17.3 Å². The largest absolute Gasteiger partial charge is 0.370 e. The highest BCUT2D eigenvalue weighted by Crippen LogP contribution is 2.40. The van der Waals surface area contributed by atoms with E-state index in [1.54, 1.807) is 18.0 Å². The number of fused-ring (bicyclic) bond motifs is 1. The summed E-state index contributed by atoms with van der Waals surface area (Å²) in [5.41, 5.74) is 7.30. The molecule has 1 amide bonds. The van der Waals surface area contributed by atoms with Crippen molar-refractivity contribution in [1.82, 2.24) is 19.7 Å². The van der Waals surface area contributed by atoms with Crippen LogP contribution in [0.5, 0.6) is 0 Å². The summed E-state index contributed by atoms with van der Waals surface area (Å²) in [7, 11) is 0. The summed E-state index contributed by atoms with van der Waals surface area (Å²) in [6.45, 7) is 0. The maximum absolute atomic E-state index is 11.1. The first-order chi connectivity index (χ1) is 12.6. The van der Waals surface area contributed by atoms with Crippen molar-refractivity contribution in [2.24, 2.45) is 5.73 Å². The average molecular weight is 388 g/mol. The molecule has 3 aromatic rings. The SMILES string of the molecule is NC(=O)CCc1nnc(SCc2ccc(Cl)c3cccnc23)n1C1CC1. The third-order valence-corrected chi connectivity index (χ3v) is 5.72. The quantitative estimate of drug-likeness (QED) is 0.626. The lowest BCUT2D eigenvalue weighted by Crippen LogP contribution is -2.13. The zero-order chi connectivity index (χ0) is 18.1. The number of rotatable bonds is 7. The number of hydrogen-bond acceptors (Lipinski definition) is 5. The molecule has 1 aliphatic rings. The zero-order valence-corrected chi connectivity index (χ0v) is 15.6. The van der Waals surface area contributed by atoms with Crippen molar-refractivity contribution in [3.05, 3.63) is 46.9 Å². The third-order valence-electron chi connectivity index (χ3n) is 4.40. The summed E-state index contributed by atoms with van der Waals surface area (Å²) < 4.78 is 2.17. The summed E-state index contributed by atoms with van der Waals surface area (Å²) in [4.78, 5) is 15.6. The highest BCUT2D eigenvalue weighted by atomic mass is 35.5. The molecule has 1 fully saturated rings. The number of primary amides is 1. The summed E-state index contributed by atoms with van der Waals surface area (Å²) in [5.74, 6) is 1.25. The number of aryl methyl sites for hydroxylation is 1. The predicted octanol–water partition coefficient (Wildman–Crippen LogP) is 3.52. The van der Waals surface area contributed by atoms with Gasteiger partial charge in [-0.2, -0.15) is 0 Å². The maximum atomic E-state index is 11.1. The average Bonchev–Trinajstić information content (AvgIpc) is 3.40. The molecular weight excluding hydrogens is 370 g/mol.